The molecule has 222 valence electrons. The predicted molar refractivity (Wildman–Crippen MR) is 195 cm³/mol. The van der Waals surface area contributed by atoms with Gasteiger partial charge in [-0.15, -0.1) is 0 Å². The first-order chi connectivity index (χ1) is 23.7. The van der Waals surface area contributed by atoms with Gasteiger partial charge in [0.05, 0.1) is 51.0 Å². The Morgan fingerprint density at radius 3 is 1.46 bits per heavy atom. The molecule has 48 heavy (non-hydrogen) atoms. The second-order valence-electron chi connectivity index (χ2n) is 12.0. The van der Waals surface area contributed by atoms with Gasteiger partial charge in [0.15, 0.2) is 0 Å². The number of nitriles is 2. The van der Waals surface area contributed by atoms with E-state index >= 15 is 0 Å². The highest BCUT2D eigenvalue weighted by Crippen LogP contribution is 2.42. The molecule has 0 bridgehead atoms. The van der Waals surface area contributed by atoms with Gasteiger partial charge in [0, 0.05) is 38.4 Å². The summed E-state index contributed by atoms with van der Waals surface area (Å²) >= 11 is 0. The SMILES string of the molecule is N#Cc1ccc(-c2ccccc2-n2c3ccccc3c3ccccc32)c(-c2cc(-n3c4ccccc4c4ccccc43)ccc2C#N)c1. The van der Waals surface area contributed by atoms with Crippen molar-refractivity contribution in [1.82, 2.24) is 9.13 Å². The maximum Gasteiger partial charge on any atom is 0.0998 e. The standard InChI is InChI=1S/C44H26N4/c45-27-29-21-24-32(33-11-1-8-18-42(33)48-43-19-9-4-14-36(43)37-15-5-10-20-44(37)48)39(25-29)38-26-31(23-22-30(38)28-46)47-40-16-6-2-12-34(40)35-13-3-7-17-41(35)47/h1-26H. The molecular weight excluding hydrogens is 585 g/mol. The van der Waals surface area contributed by atoms with E-state index in [4.69, 9.17) is 0 Å². The van der Waals surface area contributed by atoms with Crippen LogP contribution in [0.1, 0.15) is 11.1 Å². The molecule has 0 aliphatic heterocycles. The number of nitrogens with zero attached hydrogens (tertiary/aromatic N) is 4. The van der Waals surface area contributed by atoms with Crippen LogP contribution in [-0.2, 0) is 0 Å². The first kappa shape index (κ1) is 27.4. The van der Waals surface area contributed by atoms with Crippen LogP contribution in [-0.4, -0.2) is 9.13 Å². The minimum Gasteiger partial charge on any atom is -0.309 e. The summed E-state index contributed by atoms with van der Waals surface area (Å²) in [5, 5.41) is 25.2. The molecule has 0 unspecified atom stereocenters. The molecule has 0 radical (unpaired) electrons. The Morgan fingerprint density at radius 1 is 0.375 bits per heavy atom. The normalized spacial score (nSPS) is 11.3. The van der Waals surface area contributed by atoms with E-state index in [1.54, 1.807) is 0 Å². The van der Waals surface area contributed by atoms with E-state index < -0.39 is 0 Å². The van der Waals surface area contributed by atoms with Gasteiger partial charge in [-0.1, -0.05) is 97.1 Å². The van der Waals surface area contributed by atoms with E-state index in [9.17, 15) is 10.5 Å². The average molecular weight is 611 g/mol. The van der Waals surface area contributed by atoms with Gasteiger partial charge in [-0.25, -0.2) is 0 Å². The van der Waals surface area contributed by atoms with Crippen LogP contribution >= 0.6 is 0 Å². The molecule has 4 heteroatoms. The summed E-state index contributed by atoms with van der Waals surface area (Å²) < 4.78 is 4.58. The summed E-state index contributed by atoms with van der Waals surface area (Å²) in [7, 11) is 0. The molecule has 2 aromatic heterocycles. The largest absolute Gasteiger partial charge is 0.309 e. The zero-order valence-electron chi connectivity index (χ0n) is 25.8. The van der Waals surface area contributed by atoms with Gasteiger partial charge in [-0.05, 0) is 71.8 Å². The van der Waals surface area contributed by atoms with Crippen molar-refractivity contribution < 1.29 is 0 Å². The van der Waals surface area contributed by atoms with Gasteiger partial charge < -0.3 is 9.13 Å². The number of benzene rings is 7. The van der Waals surface area contributed by atoms with Gasteiger partial charge >= 0.3 is 0 Å². The smallest absolute Gasteiger partial charge is 0.0998 e. The zero-order valence-corrected chi connectivity index (χ0v) is 25.8. The van der Waals surface area contributed by atoms with Gasteiger partial charge in [0.25, 0.3) is 0 Å². The minimum absolute atomic E-state index is 0.536. The predicted octanol–water partition coefficient (Wildman–Crippen LogP) is 11.0. The molecule has 0 spiro atoms. The Kier molecular flexibility index (Phi) is 6.22. The molecule has 4 nitrogen and oxygen atoms in total. The Labute approximate surface area is 277 Å². The van der Waals surface area contributed by atoms with E-state index in [1.807, 2.05) is 30.3 Å². The first-order valence-electron chi connectivity index (χ1n) is 15.9. The van der Waals surface area contributed by atoms with E-state index in [1.165, 1.54) is 21.5 Å². The third-order valence-electron chi connectivity index (χ3n) is 9.42. The highest BCUT2D eigenvalue weighted by Gasteiger charge is 2.20. The molecule has 9 rings (SSSR count). The second kappa shape index (κ2) is 10.9. The fourth-order valence-corrected chi connectivity index (χ4v) is 7.34. The fraction of sp³-hybridized carbons (Fsp3) is 0. The van der Waals surface area contributed by atoms with Gasteiger partial charge in [-0.3, -0.25) is 0 Å². The number of fused-ring (bicyclic) bond motifs is 6. The quantitative estimate of drug-likeness (QED) is 0.199. The maximum atomic E-state index is 10.4. The van der Waals surface area contributed by atoms with Crippen molar-refractivity contribution in [2.24, 2.45) is 0 Å². The summed E-state index contributed by atoms with van der Waals surface area (Å²) in [6.07, 6.45) is 0. The van der Waals surface area contributed by atoms with Crippen LogP contribution in [0.15, 0.2) is 158 Å². The van der Waals surface area contributed by atoms with Crippen molar-refractivity contribution >= 4 is 43.6 Å². The monoisotopic (exact) mass is 610 g/mol. The second-order valence-corrected chi connectivity index (χ2v) is 12.0. The highest BCUT2D eigenvalue weighted by atomic mass is 15.0. The van der Waals surface area contributed by atoms with Crippen LogP contribution in [0.25, 0.3) is 77.2 Å². The third-order valence-corrected chi connectivity index (χ3v) is 9.42. The Hall–Kier alpha value is -6.88. The van der Waals surface area contributed by atoms with Gasteiger partial charge in [0.2, 0.25) is 0 Å². The lowest BCUT2D eigenvalue weighted by Crippen LogP contribution is -2.00. The van der Waals surface area contributed by atoms with Crippen LogP contribution in [0.4, 0.5) is 0 Å². The lowest BCUT2D eigenvalue weighted by molar-refractivity contribution is 1.18. The molecule has 0 saturated heterocycles. The Bertz CT molecular complexity index is 2710. The van der Waals surface area contributed by atoms with Crippen molar-refractivity contribution in [3.63, 3.8) is 0 Å². The van der Waals surface area contributed by atoms with Crippen LogP contribution in [0.5, 0.6) is 0 Å². The summed E-state index contributed by atoms with van der Waals surface area (Å²) in [5.41, 5.74) is 11.1. The van der Waals surface area contributed by atoms with Gasteiger partial charge in [-0.2, -0.15) is 10.5 Å². The molecule has 7 aromatic carbocycles. The number of para-hydroxylation sites is 5. The molecule has 2 heterocycles. The molecule has 0 atom stereocenters. The lowest BCUT2D eigenvalue weighted by atomic mass is 9.89. The summed E-state index contributed by atoms with van der Waals surface area (Å²) in [5.74, 6) is 0. The summed E-state index contributed by atoms with van der Waals surface area (Å²) in [6.45, 7) is 0. The lowest BCUT2D eigenvalue weighted by Gasteiger charge is -2.18. The van der Waals surface area contributed by atoms with Crippen molar-refractivity contribution in [1.29, 1.82) is 10.5 Å². The summed E-state index contributed by atoms with van der Waals surface area (Å²) in [4.78, 5) is 0. The maximum absolute atomic E-state index is 10.4. The number of rotatable bonds is 4. The molecule has 0 saturated carbocycles. The average Bonchev–Trinajstić information content (AvgIpc) is 3.67. The minimum atomic E-state index is 0.536. The molecule has 0 N–H and O–H groups in total. The highest BCUT2D eigenvalue weighted by molar-refractivity contribution is 6.11. The van der Waals surface area contributed by atoms with E-state index in [0.717, 1.165) is 55.7 Å². The van der Waals surface area contributed by atoms with E-state index in [2.05, 4.69) is 149 Å². The molecule has 0 amide bonds. The summed E-state index contributed by atoms with van der Waals surface area (Å²) in [6, 6.07) is 58.8. The zero-order chi connectivity index (χ0) is 32.2. The first-order valence-corrected chi connectivity index (χ1v) is 15.9. The van der Waals surface area contributed by atoms with Gasteiger partial charge in [0.1, 0.15) is 0 Å². The van der Waals surface area contributed by atoms with Crippen molar-refractivity contribution in [2.75, 3.05) is 0 Å². The van der Waals surface area contributed by atoms with Crippen LogP contribution < -0.4 is 0 Å². The van der Waals surface area contributed by atoms with E-state index in [-0.39, 0.29) is 0 Å². The molecule has 0 fully saturated rings. The van der Waals surface area contributed by atoms with Crippen molar-refractivity contribution in [2.45, 2.75) is 0 Å². The Morgan fingerprint density at radius 2 is 0.896 bits per heavy atom. The van der Waals surface area contributed by atoms with Crippen LogP contribution in [0, 0.1) is 22.7 Å². The number of hydrogen-bond donors (Lipinski definition) is 0. The number of hydrogen-bond acceptors (Lipinski definition) is 2. The third kappa shape index (κ3) is 4.07. The fourth-order valence-electron chi connectivity index (χ4n) is 7.34. The molecular formula is C44H26N4. The Balaban J connectivity index is 1.33. The molecule has 0 aliphatic carbocycles. The van der Waals surface area contributed by atoms with Crippen molar-refractivity contribution in [3.05, 3.63) is 169 Å². The molecule has 9 aromatic rings. The topological polar surface area (TPSA) is 57.4 Å². The van der Waals surface area contributed by atoms with E-state index in [0.29, 0.717) is 11.1 Å². The van der Waals surface area contributed by atoms with Crippen LogP contribution in [0.3, 0.4) is 0 Å². The molecule has 0 aliphatic rings. The van der Waals surface area contributed by atoms with Crippen molar-refractivity contribution in [3.8, 4) is 45.8 Å². The van der Waals surface area contributed by atoms with Crippen LogP contribution in [0.2, 0.25) is 0 Å². The number of aromatic nitrogens is 2.